The van der Waals surface area contributed by atoms with Crippen LogP contribution in [-0.2, 0) is 6.54 Å². The molecular formula is C14H10ClFN4O. The first-order chi connectivity index (χ1) is 10.2. The number of aromatic nitrogens is 3. The van der Waals surface area contributed by atoms with E-state index in [-0.39, 0.29) is 17.1 Å². The lowest BCUT2D eigenvalue weighted by atomic mass is 10.2. The van der Waals surface area contributed by atoms with Crippen molar-refractivity contribution in [3.8, 4) is 0 Å². The van der Waals surface area contributed by atoms with E-state index in [4.69, 9.17) is 11.6 Å². The number of H-pyrrole nitrogens is 1. The van der Waals surface area contributed by atoms with Crippen molar-refractivity contribution < 1.29 is 9.18 Å². The first kappa shape index (κ1) is 13.5. The Balaban J connectivity index is 1.80. The van der Waals surface area contributed by atoms with Gasteiger partial charge in [0.15, 0.2) is 5.65 Å². The third-order valence-corrected chi connectivity index (χ3v) is 3.34. The van der Waals surface area contributed by atoms with Crippen molar-refractivity contribution in [2.75, 3.05) is 0 Å². The molecule has 0 aliphatic carbocycles. The van der Waals surface area contributed by atoms with Gasteiger partial charge in [0.1, 0.15) is 5.82 Å². The third-order valence-electron chi connectivity index (χ3n) is 3.02. The van der Waals surface area contributed by atoms with Crippen LogP contribution >= 0.6 is 11.6 Å². The van der Waals surface area contributed by atoms with Crippen LogP contribution in [0.3, 0.4) is 0 Å². The van der Waals surface area contributed by atoms with Gasteiger partial charge in [0, 0.05) is 11.6 Å². The van der Waals surface area contributed by atoms with Gasteiger partial charge in [0.05, 0.1) is 22.8 Å². The third kappa shape index (κ3) is 2.57. The lowest BCUT2D eigenvalue weighted by molar-refractivity contribution is 0.0946. The second kappa shape index (κ2) is 5.49. The second-order valence-corrected chi connectivity index (χ2v) is 4.76. The Morgan fingerprint density at radius 1 is 1.33 bits per heavy atom. The standard InChI is InChI=1S/C14H10ClFN4O/c15-9-4-1-5-10(16)12(9)14(21)18-7-11-8-3-2-6-17-13(8)20-19-11/h1-6H,7H2,(H,18,21)(H,17,19,20). The lowest BCUT2D eigenvalue weighted by Gasteiger charge is -2.06. The summed E-state index contributed by atoms with van der Waals surface area (Å²) in [7, 11) is 0. The Hall–Kier alpha value is -2.47. The van der Waals surface area contributed by atoms with E-state index in [2.05, 4.69) is 20.5 Å². The number of nitrogens with zero attached hydrogens (tertiary/aromatic N) is 2. The molecule has 0 bridgehead atoms. The molecule has 0 saturated heterocycles. The Morgan fingerprint density at radius 2 is 2.19 bits per heavy atom. The molecule has 2 aromatic heterocycles. The molecule has 21 heavy (non-hydrogen) atoms. The first-order valence-electron chi connectivity index (χ1n) is 6.17. The van der Waals surface area contributed by atoms with Crippen LogP contribution in [0.5, 0.6) is 0 Å². The fourth-order valence-corrected chi connectivity index (χ4v) is 2.26. The molecule has 0 unspecified atom stereocenters. The number of halogens is 2. The first-order valence-corrected chi connectivity index (χ1v) is 6.55. The van der Waals surface area contributed by atoms with Crippen molar-refractivity contribution in [3.05, 3.63) is 58.6 Å². The molecule has 3 rings (SSSR count). The fraction of sp³-hybridized carbons (Fsp3) is 0.0714. The number of nitrogens with one attached hydrogen (secondary N) is 2. The van der Waals surface area contributed by atoms with Crippen LogP contribution in [0, 0.1) is 5.82 Å². The summed E-state index contributed by atoms with van der Waals surface area (Å²) in [5, 5.41) is 10.3. The molecular weight excluding hydrogens is 295 g/mol. The summed E-state index contributed by atoms with van der Waals surface area (Å²) in [6, 6.07) is 7.72. The molecule has 7 heteroatoms. The van der Waals surface area contributed by atoms with E-state index in [0.717, 1.165) is 5.39 Å². The molecule has 2 N–H and O–H groups in total. The summed E-state index contributed by atoms with van der Waals surface area (Å²) in [6.45, 7) is 0.172. The maximum absolute atomic E-state index is 13.6. The van der Waals surface area contributed by atoms with E-state index in [0.29, 0.717) is 11.3 Å². The van der Waals surface area contributed by atoms with E-state index in [1.54, 1.807) is 12.3 Å². The Labute approximate surface area is 124 Å². The predicted molar refractivity (Wildman–Crippen MR) is 76.5 cm³/mol. The van der Waals surface area contributed by atoms with Crippen molar-refractivity contribution in [3.63, 3.8) is 0 Å². The summed E-state index contributed by atoms with van der Waals surface area (Å²) in [4.78, 5) is 16.1. The predicted octanol–water partition coefficient (Wildman–Crippen LogP) is 2.68. The molecule has 1 aromatic carbocycles. The highest BCUT2D eigenvalue weighted by atomic mass is 35.5. The van der Waals surface area contributed by atoms with Gasteiger partial charge in [-0.1, -0.05) is 17.7 Å². The Morgan fingerprint density at radius 3 is 3.00 bits per heavy atom. The quantitative estimate of drug-likeness (QED) is 0.781. The zero-order valence-electron chi connectivity index (χ0n) is 10.7. The maximum atomic E-state index is 13.6. The van der Waals surface area contributed by atoms with E-state index >= 15 is 0 Å². The van der Waals surface area contributed by atoms with Crippen molar-refractivity contribution >= 4 is 28.5 Å². The van der Waals surface area contributed by atoms with Gasteiger partial charge in [-0.2, -0.15) is 5.10 Å². The van der Waals surface area contributed by atoms with Crippen molar-refractivity contribution in [2.45, 2.75) is 6.54 Å². The molecule has 2 heterocycles. The minimum absolute atomic E-state index is 0.0728. The molecule has 5 nitrogen and oxygen atoms in total. The monoisotopic (exact) mass is 304 g/mol. The highest BCUT2D eigenvalue weighted by Gasteiger charge is 2.16. The van der Waals surface area contributed by atoms with Crippen LogP contribution < -0.4 is 5.32 Å². The van der Waals surface area contributed by atoms with Crippen LogP contribution in [0.25, 0.3) is 11.0 Å². The number of rotatable bonds is 3. The SMILES string of the molecule is O=C(NCc1[nH]nc2ncccc12)c1c(F)cccc1Cl. The number of benzene rings is 1. The largest absolute Gasteiger partial charge is 0.346 e. The number of hydrogen-bond donors (Lipinski definition) is 2. The van der Waals surface area contributed by atoms with Gasteiger partial charge < -0.3 is 5.32 Å². The van der Waals surface area contributed by atoms with Crippen LogP contribution in [0.2, 0.25) is 5.02 Å². The number of hydrogen-bond acceptors (Lipinski definition) is 3. The normalized spacial score (nSPS) is 10.8. The summed E-state index contributed by atoms with van der Waals surface area (Å²) in [5.74, 6) is -1.24. The summed E-state index contributed by atoms with van der Waals surface area (Å²) >= 11 is 5.85. The zero-order chi connectivity index (χ0) is 14.8. The summed E-state index contributed by atoms with van der Waals surface area (Å²) in [5.41, 5.74) is 1.09. The molecule has 3 aromatic rings. The minimum Gasteiger partial charge on any atom is -0.346 e. The van der Waals surface area contributed by atoms with Crippen LogP contribution in [0.1, 0.15) is 16.1 Å². The molecule has 0 radical (unpaired) electrons. The van der Waals surface area contributed by atoms with Gasteiger partial charge in [-0.15, -0.1) is 0 Å². The molecule has 0 fully saturated rings. The van der Waals surface area contributed by atoms with Gasteiger partial charge in [0.25, 0.3) is 5.91 Å². The molecule has 0 spiro atoms. The van der Waals surface area contributed by atoms with Crippen LogP contribution in [0.4, 0.5) is 4.39 Å². The molecule has 0 saturated carbocycles. The van der Waals surface area contributed by atoms with Gasteiger partial charge >= 0.3 is 0 Å². The van der Waals surface area contributed by atoms with E-state index < -0.39 is 11.7 Å². The topological polar surface area (TPSA) is 70.7 Å². The van der Waals surface area contributed by atoms with Gasteiger partial charge in [-0.05, 0) is 24.3 Å². The van der Waals surface area contributed by atoms with Gasteiger partial charge in [0.2, 0.25) is 0 Å². The molecule has 0 aliphatic heterocycles. The van der Waals surface area contributed by atoms with Crippen molar-refractivity contribution in [1.82, 2.24) is 20.5 Å². The highest BCUT2D eigenvalue weighted by Crippen LogP contribution is 2.19. The Bertz CT molecular complexity index is 797. The number of pyridine rings is 1. The Kier molecular flexibility index (Phi) is 3.53. The summed E-state index contributed by atoms with van der Waals surface area (Å²) in [6.07, 6.45) is 1.63. The van der Waals surface area contributed by atoms with Crippen molar-refractivity contribution in [1.29, 1.82) is 0 Å². The van der Waals surface area contributed by atoms with E-state index in [1.165, 1.54) is 18.2 Å². The van der Waals surface area contributed by atoms with Crippen LogP contribution in [-0.4, -0.2) is 21.1 Å². The van der Waals surface area contributed by atoms with Gasteiger partial charge in [-0.25, -0.2) is 9.37 Å². The molecule has 106 valence electrons. The average Bonchev–Trinajstić information content (AvgIpc) is 2.88. The second-order valence-electron chi connectivity index (χ2n) is 4.36. The number of carbonyl (C=O) groups excluding carboxylic acids is 1. The lowest BCUT2D eigenvalue weighted by Crippen LogP contribution is -2.24. The molecule has 0 atom stereocenters. The number of fused-ring (bicyclic) bond motifs is 1. The smallest absolute Gasteiger partial charge is 0.256 e. The van der Waals surface area contributed by atoms with Crippen molar-refractivity contribution in [2.24, 2.45) is 0 Å². The highest BCUT2D eigenvalue weighted by molar-refractivity contribution is 6.33. The van der Waals surface area contributed by atoms with E-state index in [1.807, 2.05) is 6.07 Å². The average molecular weight is 305 g/mol. The van der Waals surface area contributed by atoms with Crippen LogP contribution in [0.15, 0.2) is 36.5 Å². The number of aromatic amines is 1. The minimum atomic E-state index is -0.656. The number of amides is 1. The molecule has 1 amide bonds. The van der Waals surface area contributed by atoms with Gasteiger partial charge in [-0.3, -0.25) is 9.89 Å². The molecule has 0 aliphatic rings. The maximum Gasteiger partial charge on any atom is 0.256 e. The fourth-order valence-electron chi connectivity index (χ4n) is 2.01. The van der Waals surface area contributed by atoms with E-state index in [9.17, 15) is 9.18 Å². The summed E-state index contributed by atoms with van der Waals surface area (Å²) < 4.78 is 13.6. The number of carbonyl (C=O) groups is 1. The zero-order valence-corrected chi connectivity index (χ0v) is 11.5.